The Morgan fingerprint density at radius 1 is 0.383 bits per heavy atom. The molecule has 42 heteroatoms. The summed E-state index contributed by atoms with van der Waals surface area (Å²) in [5.41, 5.74) is 1.86. The number of phenolic OH excluding ortho intramolecular Hbond substituents is 3. The van der Waals surface area contributed by atoms with Gasteiger partial charge in [-0.3, -0.25) is 57.4 Å². The molecule has 27 nitrogen and oxygen atoms in total. The lowest BCUT2D eigenvalue weighted by atomic mass is 10.0. The highest BCUT2D eigenvalue weighted by Gasteiger charge is 2.42. The molecular formula is C99H87Cl11F4N18O9. The summed E-state index contributed by atoms with van der Waals surface area (Å²) in [6.45, 7) is 40.4. The third-order valence-corrected chi connectivity index (χ3v) is 28.8. The van der Waals surface area contributed by atoms with Gasteiger partial charge in [0.05, 0.1) is 119 Å². The summed E-state index contributed by atoms with van der Waals surface area (Å²) in [5.74, 6) is -10.5. The first-order valence-corrected chi connectivity index (χ1v) is 47.8. The van der Waals surface area contributed by atoms with Gasteiger partial charge >= 0.3 is 0 Å². The fraction of sp³-hybridized carbons (Fsp3) is 0.303. The largest absolute Gasteiger partial charge is 0.505 e. The van der Waals surface area contributed by atoms with Gasteiger partial charge in [0, 0.05) is 127 Å². The predicted octanol–water partition coefficient (Wildman–Crippen LogP) is 22.9. The first kappa shape index (κ1) is 106. The molecule has 0 radical (unpaired) electrons. The molecule has 141 heavy (non-hydrogen) atoms. The third-order valence-electron chi connectivity index (χ3n) is 24.8. The number of hydrogen-bond acceptors (Lipinski definition) is 21. The van der Waals surface area contributed by atoms with Crippen LogP contribution in [0.3, 0.4) is 0 Å². The molecule has 732 valence electrons. The Morgan fingerprint density at radius 2 is 0.624 bits per heavy atom. The molecule has 0 unspecified atom stereocenters. The van der Waals surface area contributed by atoms with Crippen molar-refractivity contribution < 1.29 is 47.3 Å². The van der Waals surface area contributed by atoms with Crippen molar-refractivity contribution in [2.45, 2.75) is 158 Å². The van der Waals surface area contributed by atoms with Crippen LogP contribution in [-0.2, 0) is 14.4 Å². The highest BCUT2D eigenvalue weighted by molar-refractivity contribution is 6.53. The first-order chi connectivity index (χ1) is 66.5. The van der Waals surface area contributed by atoms with Gasteiger partial charge in [-0.15, -0.1) is 0 Å². The number of benzene rings is 3. The van der Waals surface area contributed by atoms with Crippen molar-refractivity contribution in [1.29, 1.82) is 15.8 Å². The molecular weight excluding hydrogens is 2050 g/mol. The Bertz CT molecular complexity index is 6870. The molecule has 3 saturated heterocycles. The summed E-state index contributed by atoms with van der Waals surface area (Å²) >= 11 is 71.2. The van der Waals surface area contributed by atoms with Crippen molar-refractivity contribution in [2.24, 2.45) is 0 Å². The Labute approximate surface area is 861 Å². The van der Waals surface area contributed by atoms with Crippen LogP contribution in [0.15, 0.2) is 107 Å². The van der Waals surface area contributed by atoms with Crippen LogP contribution in [0.1, 0.15) is 151 Å². The maximum absolute atomic E-state index is 14.8. The van der Waals surface area contributed by atoms with Gasteiger partial charge in [-0.25, -0.2) is 23.7 Å². The molecule has 0 saturated carbocycles. The average molecular weight is 2140 g/mol. The van der Waals surface area contributed by atoms with Gasteiger partial charge in [0.1, 0.15) is 56.9 Å². The number of piperazine rings is 3. The minimum Gasteiger partial charge on any atom is -0.505 e. The lowest BCUT2D eigenvalue weighted by molar-refractivity contribution is -0.131. The van der Waals surface area contributed by atoms with Crippen LogP contribution in [0, 0.1) is 78.0 Å². The molecule has 3 fully saturated rings. The van der Waals surface area contributed by atoms with Gasteiger partial charge in [-0.2, -0.15) is 24.6 Å². The number of phenols is 3. The molecule has 3 aliphatic heterocycles. The van der Waals surface area contributed by atoms with Crippen LogP contribution in [-0.4, -0.2) is 167 Å². The number of nitriles is 3. The van der Waals surface area contributed by atoms with E-state index in [4.69, 9.17) is 143 Å². The predicted molar refractivity (Wildman–Crippen MR) is 547 cm³/mol. The Kier molecular flexibility index (Phi) is 31.6. The molecule has 0 bridgehead atoms. The number of aromatic nitrogens is 9. The summed E-state index contributed by atoms with van der Waals surface area (Å²) in [7, 11) is 0. The smallest absolute Gasteiger partial charge is 0.276 e. The van der Waals surface area contributed by atoms with Crippen LogP contribution < -0.4 is 31.4 Å². The Hall–Kier alpha value is -12.0. The van der Waals surface area contributed by atoms with Crippen molar-refractivity contribution in [1.82, 2.24) is 58.3 Å². The van der Waals surface area contributed by atoms with Crippen molar-refractivity contribution >= 4 is 195 Å². The number of carbonyl (C=O) groups excluding carboxylic acids is 3. The molecule has 12 aromatic rings. The normalized spacial score (nSPS) is 16.6. The van der Waals surface area contributed by atoms with Gasteiger partial charge in [0.2, 0.25) is 29.4 Å². The first-order valence-electron chi connectivity index (χ1n) is 43.7. The Balaban J connectivity index is 0.000000178. The number of anilines is 3. The van der Waals surface area contributed by atoms with E-state index in [1.165, 1.54) is 44.1 Å². The zero-order chi connectivity index (χ0) is 104. The second-order valence-electron chi connectivity index (χ2n) is 35.1. The van der Waals surface area contributed by atoms with E-state index in [1.54, 1.807) is 71.4 Å². The number of aromatic hydroxyl groups is 3. The summed E-state index contributed by atoms with van der Waals surface area (Å²) in [6, 6.07) is 14.0. The van der Waals surface area contributed by atoms with Gasteiger partial charge in [-0.05, 0) is 151 Å². The van der Waals surface area contributed by atoms with E-state index in [2.05, 4.69) is 52.9 Å². The van der Waals surface area contributed by atoms with Crippen LogP contribution in [0.5, 0.6) is 17.2 Å². The monoisotopic (exact) mass is 2130 g/mol. The van der Waals surface area contributed by atoms with Crippen LogP contribution in [0.4, 0.5) is 34.6 Å². The summed E-state index contributed by atoms with van der Waals surface area (Å²) in [5, 5.41) is 59.8. The zero-order valence-corrected chi connectivity index (χ0v) is 86.3. The molecule has 9 aromatic heterocycles. The standard InChI is InChI=1S/C33H29Cl5N6O3.2C33H29Cl3F2N6O3/c3*1-7-21(45)43-16(5)12-42(13-17(43)6)30-18-10-20(34)28(22-23(35)25(37)26(38)31(46)24(22)36)41-32(18)44(33(47)19(30)11-39)29-15(4)8-9-40-27(29)14(2)3/h3*7-10,14,16-17,46H,1,12-13H2,2-6H3/t3*16-,17+. The highest BCUT2D eigenvalue weighted by Crippen LogP contribution is 2.54. The van der Waals surface area contributed by atoms with E-state index in [-0.39, 0.29) is 211 Å². The molecule has 15 rings (SSSR count). The van der Waals surface area contributed by atoms with Gasteiger partial charge in [0.25, 0.3) is 16.7 Å². The molecule has 6 atom stereocenters. The molecule has 0 aliphatic carbocycles. The maximum atomic E-state index is 14.8. The van der Waals surface area contributed by atoms with Crippen molar-refractivity contribution in [2.75, 3.05) is 54.0 Å². The van der Waals surface area contributed by atoms with E-state index < -0.39 is 88.4 Å². The number of hydrogen-bond donors (Lipinski definition) is 3. The van der Waals surface area contributed by atoms with Crippen LogP contribution in [0.25, 0.3) is 83.9 Å². The quantitative estimate of drug-likeness (QED) is 0.0371. The molecule has 3 amide bonds. The minimum atomic E-state index is -1.65. The molecule has 0 spiro atoms. The van der Waals surface area contributed by atoms with Gasteiger partial charge in [-0.1, -0.05) is 189 Å². The number of amides is 3. The molecule has 12 heterocycles. The van der Waals surface area contributed by atoms with E-state index in [0.29, 0.717) is 75.0 Å². The summed E-state index contributed by atoms with van der Waals surface area (Å²) < 4.78 is 62.2. The maximum Gasteiger partial charge on any atom is 0.276 e. The number of rotatable bonds is 15. The van der Waals surface area contributed by atoms with E-state index in [0.717, 1.165) is 0 Å². The lowest BCUT2D eigenvalue weighted by Crippen LogP contribution is -2.58. The number of aryl methyl sites for hydroxylation is 3. The fourth-order valence-corrected chi connectivity index (χ4v) is 21.7. The molecule has 3 N–H and O–H groups in total. The summed E-state index contributed by atoms with van der Waals surface area (Å²) in [4.78, 5) is 120. The minimum absolute atomic E-state index is 0.00262. The number of pyridine rings is 9. The van der Waals surface area contributed by atoms with Crippen molar-refractivity contribution in [3.8, 4) is 86.3 Å². The highest BCUT2D eigenvalue weighted by atomic mass is 35.5. The zero-order valence-electron chi connectivity index (χ0n) is 78.0. The number of nitrogens with zero attached hydrogens (tertiary/aromatic N) is 18. The number of carbonyl (C=O) groups is 3. The number of halogens is 15. The average Bonchev–Trinajstić information content (AvgIpc) is 0.725. The fourth-order valence-electron chi connectivity index (χ4n) is 18.7. The SMILES string of the molecule is C=CC(=O)N1[C@H](C)CN(c2c(C#N)c(=O)n(-c3c(C)ccnc3C(C)C)c3nc(-c4c(Cl)c(O)c(Cl)c(Cl)c4Cl)c(Cl)cc23)C[C@@H]1C.C=CC(=O)N1[C@H](C)CN(c2c(C#N)c(=O)n(-c3c(C)ccnc3C(C)C)c3nc(-c4c(Cl)c(O)c(F)c(F)c4Cl)c(Cl)cc23)C[C@@H]1C.C=CC(=O)N1[C@H](C)CN(c2c(C#N)c(=O)n(-c3c(C)ccnc3C(C)C)c3nc(-c4c(Cl)c(O)c(F)c(F)c4Cl)c(Cl)cc23)C[C@@H]1C. The van der Waals surface area contributed by atoms with E-state index >= 15 is 0 Å². The topological polar surface area (TPSA) is 346 Å². The van der Waals surface area contributed by atoms with Gasteiger partial charge in [0.15, 0.2) is 28.9 Å². The van der Waals surface area contributed by atoms with Crippen LogP contribution in [0.2, 0.25) is 55.2 Å². The second kappa shape index (κ2) is 41.9. The van der Waals surface area contributed by atoms with Crippen molar-refractivity contribution in [3.63, 3.8) is 0 Å². The van der Waals surface area contributed by atoms with Crippen molar-refractivity contribution in [3.05, 3.63) is 253 Å². The number of fused-ring (bicyclic) bond motifs is 3. The van der Waals surface area contributed by atoms with Crippen LogP contribution >= 0.6 is 128 Å². The second-order valence-corrected chi connectivity index (χ2v) is 39.4. The van der Waals surface area contributed by atoms with E-state index in [1.807, 2.05) is 105 Å². The Morgan fingerprint density at radius 3 is 0.858 bits per heavy atom. The molecule has 3 aromatic carbocycles. The molecule has 3 aliphatic rings. The lowest BCUT2D eigenvalue weighted by Gasteiger charge is -2.45. The third kappa shape index (κ3) is 18.7. The van der Waals surface area contributed by atoms with E-state index in [9.17, 15) is 77.4 Å². The summed E-state index contributed by atoms with van der Waals surface area (Å²) in [6.07, 6.45) is 8.60. The van der Waals surface area contributed by atoms with Gasteiger partial charge < -0.3 is 44.7 Å².